The van der Waals surface area contributed by atoms with Gasteiger partial charge in [0.2, 0.25) is 0 Å². The van der Waals surface area contributed by atoms with Crippen LogP contribution in [-0.2, 0) is 0 Å². The number of hydrogen-bond donors (Lipinski definition) is 3. The quantitative estimate of drug-likeness (QED) is 0.407. The van der Waals surface area contributed by atoms with Crippen LogP contribution < -0.4 is 5.32 Å². The second kappa shape index (κ2) is 3.20. The van der Waals surface area contributed by atoms with Gasteiger partial charge in [-0.15, -0.1) is 0 Å². The number of hydrogen-bond acceptors (Lipinski definition) is 3. The number of nitrogens with one attached hydrogen (secondary N) is 1. The van der Waals surface area contributed by atoms with Crippen molar-refractivity contribution in [2.75, 3.05) is 13.1 Å². The number of rotatable bonds is 1. The molecule has 0 amide bonds. The van der Waals surface area contributed by atoms with E-state index < -0.39 is 7.12 Å². The molecule has 1 aliphatic rings. The molecule has 1 fully saturated rings. The molecule has 3 N–H and O–H groups in total. The van der Waals surface area contributed by atoms with E-state index in [1.165, 1.54) is 0 Å². The fraction of sp³-hybridized carbons (Fsp3) is 1.00. The fourth-order valence-corrected chi connectivity index (χ4v) is 1.13. The van der Waals surface area contributed by atoms with Gasteiger partial charge in [0.1, 0.15) is 0 Å². The molecule has 1 rings (SSSR count). The zero-order valence-electron chi connectivity index (χ0n) is 5.38. The minimum atomic E-state index is -1.13. The van der Waals surface area contributed by atoms with E-state index in [2.05, 4.69) is 5.32 Å². The van der Waals surface area contributed by atoms with Crippen molar-refractivity contribution in [3.05, 3.63) is 0 Å². The first kappa shape index (κ1) is 7.06. The Labute approximate surface area is 55.2 Å². The highest BCUT2D eigenvalue weighted by atomic mass is 16.4. The molecule has 3 nitrogen and oxygen atoms in total. The van der Waals surface area contributed by atoms with Crippen molar-refractivity contribution in [2.24, 2.45) is 0 Å². The minimum Gasteiger partial charge on any atom is -0.427 e. The van der Waals surface area contributed by atoms with Crippen LogP contribution in [0.2, 0.25) is 5.82 Å². The van der Waals surface area contributed by atoms with Crippen molar-refractivity contribution in [3.8, 4) is 0 Å². The molecule has 0 radical (unpaired) electrons. The Morgan fingerprint density at radius 3 is 2.56 bits per heavy atom. The molecule has 0 saturated carbocycles. The molecule has 0 aromatic heterocycles. The highest BCUT2D eigenvalue weighted by Crippen LogP contribution is 2.16. The van der Waals surface area contributed by atoms with Gasteiger partial charge in [-0.05, 0) is 25.9 Å². The van der Waals surface area contributed by atoms with Gasteiger partial charge in [-0.25, -0.2) is 0 Å². The SMILES string of the molecule is OB(O)C1CCCNC1. The second-order valence-corrected chi connectivity index (χ2v) is 2.52. The van der Waals surface area contributed by atoms with Crippen molar-refractivity contribution in [3.63, 3.8) is 0 Å². The van der Waals surface area contributed by atoms with Gasteiger partial charge in [0.05, 0.1) is 0 Å². The summed E-state index contributed by atoms with van der Waals surface area (Å²) in [5.41, 5.74) is 0. The Balaban J connectivity index is 2.23. The molecule has 0 bridgehead atoms. The van der Waals surface area contributed by atoms with E-state index >= 15 is 0 Å². The van der Waals surface area contributed by atoms with Gasteiger partial charge in [0.15, 0.2) is 0 Å². The predicted octanol–water partition coefficient (Wildman–Crippen LogP) is -0.787. The van der Waals surface area contributed by atoms with Gasteiger partial charge >= 0.3 is 7.12 Å². The summed E-state index contributed by atoms with van der Waals surface area (Å²) in [5, 5.41) is 20.5. The molecule has 4 heteroatoms. The maximum Gasteiger partial charge on any atom is 0.456 e. The van der Waals surface area contributed by atoms with Crippen LogP contribution in [0, 0.1) is 0 Å². The van der Waals surface area contributed by atoms with Gasteiger partial charge in [-0.1, -0.05) is 0 Å². The molecule has 0 aromatic carbocycles. The summed E-state index contributed by atoms with van der Waals surface area (Å²) >= 11 is 0. The Kier molecular flexibility index (Phi) is 2.51. The third kappa shape index (κ3) is 1.97. The molecule has 1 unspecified atom stereocenters. The standard InChI is InChI=1S/C5H12BNO2/c8-6(9)5-2-1-3-7-4-5/h5,7-9H,1-4H2. The van der Waals surface area contributed by atoms with Gasteiger partial charge in [-0.3, -0.25) is 0 Å². The van der Waals surface area contributed by atoms with E-state index in [1.54, 1.807) is 0 Å². The molecule has 1 saturated heterocycles. The molecule has 1 aliphatic heterocycles. The Hall–Kier alpha value is -0.0551. The first-order valence-corrected chi connectivity index (χ1v) is 3.37. The van der Waals surface area contributed by atoms with E-state index in [0.717, 1.165) is 25.9 Å². The first-order valence-electron chi connectivity index (χ1n) is 3.37. The second-order valence-electron chi connectivity index (χ2n) is 2.52. The minimum absolute atomic E-state index is 0.0544. The van der Waals surface area contributed by atoms with Gasteiger partial charge in [0, 0.05) is 5.82 Å². The highest BCUT2D eigenvalue weighted by Gasteiger charge is 2.24. The van der Waals surface area contributed by atoms with Gasteiger partial charge < -0.3 is 15.4 Å². The lowest BCUT2D eigenvalue weighted by Crippen LogP contribution is -2.35. The molecular formula is C5H12BNO2. The lowest BCUT2D eigenvalue weighted by atomic mass is 9.69. The molecule has 1 atom stereocenters. The topological polar surface area (TPSA) is 52.5 Å². The fourth-order valence-electron chi connectivity index (χ4n) is 1.13. The molecule has 9 heavy (non-hydrogen) atoms. The van der Waals surface area contributed by atoms with Crippen LogP contribution >= 0.6 is 0 Å². The van der Waals surface area contributed by atoms with Crippen LogP contribution in [-0.4, -0.2) is 30.3 Å². The van der Waals surface area contributed by atoms with Crippen molar-refractivity contribution in [1.29, 1.82) is 0 Å². The van der Waals surface area contributed by atoms with Gasteiger partial charge in [-0.2, -0.15) is 0 Å². The summed E-state index contributed by atoms with van der Waals surface area (Å²) in [5.74, 6) is 0.0544. The molecular weight excluding hydrogens is 117 g/mol. The van der Waals surface area contributed by atoms with Crippen LogP contribution in [0.4, 0.5) is 0 Å². The lowest BCUT2D eigenvalue weighted by molar-refractivity contribution is 0.358. The summed E-state index contributed by atoms with van der Waals surface area (Å²) in [6.45, 7) is 1.76. The van der Waals surface area contributed by atoms with Crippen LogP contribution in [0.3, 0.4) is 0 Å². The van der Waals surface area contributed by atoms with Crippen molar-refractivity contribution in [2.45, 2.75) is 18.7 Å². The Morgan fingerprint density at radius 1 is 1.44 bits per heavy atom. The van der Waals surface area contributed by atoms with Crippen LogP contribution in [0.1, 0.15) is 12.8 Å². The summed E-state index contributed by atoms with van der Waals surface area (Å²) in [6.07, 6.45) is 1.99. The van der Waals surface area contributed by atoms with Crippen LogP contribution in [0.5, 0.6) is 0 Å². The monoisotopic (exact) mass is 129 g/mol. The summed E-state index contributed by atoms with van der Waals surface area (Å²) in [4.78, 5) is 0. The summed E-state index contributed by atoms with van der Waals surface area (Å²) in [7, 11) is -1.13. The lowest BCUT2D eigenvalue weighted by Gasteiger charge is -2.21. The van der Waals surface area contributed by atoms with Crippen molar-refractivity contribution >= 4 is 7.12 Å². The maximum atomic E-state index is 8.69. The molecule has 1 heterocycles. The van der Waals surface area contributed by atoms with Crippen molar-refractivity contribution in [1.82, 2.24) is 5.32 Å². The van der Waals surface area contributed by atoms with E-state index in [1.807, 2.05) is 0 Å². The Bertz CT molecular complexity index is 83.0. The van der Waals surface area contributed by atoms with Gasteiger partial charge in [0.25, 0.3) is 0 Å². The maximum absolute atomic E-state index is 8.69. The van der Waals surface area contributed by atoms with E-state index in [9.17, 15) is 0 Å². The predicted molar refractivity (Wildman–Crippen MR) is 36.0 cm³/mol. The van der Waals surface area contributed by atoms with E-state index in [0.29, 0.717) is 0 Å². The molecule has 0 aromatic rings. The highest BCUT2D eigenvalue weighted by molar-refractivity contribution is 6.43. The average Bonchev–Trinajstić information content (AvgIpc) is 1.90. The normalized spacial score (nSPS) is 28.0. The third-order valence-corrected chi connectivity index (χ3v) is 1.76. The largest absolute Gasteiger partial charge is 0.456 e. The van der Waals surface area contributed by atoms with E-state index in [-0.39, 0.29) is 5.82 Å². The third-order valence-electron chi connectivity index (χ3n) is 1.76. The number of piperidine rings is 1. The zero-order valence-corrected chi connectivity index (χ0v) is 5.38. The first-order chi connectivity index (χ1) is 4.30. The van der Waals surface area contributed by atoms with Crippen molar-refractivity contribution < 1.29 is 10.0 Å². The van der Waals surface area contributed by atoms with Crippen LogP contribution in [0.25, 0.3) is 0 Å². The molecule has 0 spiro atoms. The summed E-state index contributed by atoms with van der Waals surface area (Å²) in [6, 6.07) is 0. The van der Waals surface area contributed by atoms with E-state index in [4.69, 9.17) is 10.0 Å². The Morgan fingerprint density at radius 2 is 2.22 bits per heavy atom. The average molecular weight is 129 g/mol. The van der Waals surface area contributed by atoms with Crippen LogP contribution in [0.15, 0.2) is 0 Å². The molecule has 52 valence electrons. The zero-order chi connectivity index (χ0) is 6.69. The smallest absolute Gasteiger partial charge is 0.427 e. The molecule has 0 aliphatic carbocycles. The summed E-state index contributed by atoms with van der Waals surface area (Å²) < 4.78 is 0.